The summed E-state index contributed by atoms with van der Waals surface area (Å²) in [6.07, 6.45) is 3.17. The van der Waals surface area contributed by atoms with E-state index < -0.39 is 0 Å². The Kier molecular flexibility index (Phi) is 4.08. The first kappa shape index (κ1) is 14.2. The van der Waals surface area contributed by atoms with Crippen molar-refractivity contribution in [1.29, 1.82) is 0 Å². The number of aromatic nitrogens is 2. The molecule has 0 aliphatic heterocycles. The Labute approximate surface area is 126 Å². The normalized spacial score (nSPS) is 11.6. The molecule has 0 saturated heterocycles. The number of rotatable bonds is 2. The van der Waals surface area contributed by atoms with Crippen LogP contribution >= 0.6 is 22.6 Å². The van der Waals surface area contributed by atoms with Crippen LogP contribution in [0.2, 0.25) is 0 Å². The molecule has 1 heterocycles. The third kappa shape index (κ3) is 3.43. The van der Waals surface area contributed by atoms with Crippen molar-refractivity contribution in [1.82, 2.24) is 9.55 Å². The standard InChI is InChI=1S/C15H17IN2O/c1-15(2,3)12-6-4-11(5-7-12)9-18-10-17-8-13(16)14(18)19/h4-8,10H,9H2,1-3H3. The minimum absolute atomic E-state index is 0.00972. The van der Waals surface area contributed by atoms with Crippen molar-refractivity contribution in [3.63, 3.8) is 0 Å². The van der Waals surface area contributed by atoms with Crippen LogP contribution in [-0.4, -0.2) is 9.55 Å². The van der Waals surface area contributed by atoms with E-state index in [1.165, 1.54) is 5.56 Å². The van der Waals surface area contributed by atoms with Gasteiger partial charge in [0.2, 0.25) is 0 Å². The summed E-state index contributed by atoms with van der Waals surface area (Å²) in [5, 5.41) is 0. The van der Waals surface area contributed by atoms with Gasteiger partial charge in [-0.2, -0.15) is 0 Å². The van der Waals surface area contributed by atoms with Crippen molar-refractivity contribution >= 4 is 22.6 Å². The SMILES string of the molecule is CC(C)(C)c1ccc(Cn2cncc(I)c2=O)cc1. The number of hydrogen-bond acceptors (Lipinski definition) is 2. The first-order valence-electron chi connectivity index (χ1n) is 6.17. The van der Waals surface area contributed by atoms with E-state index in [1.54, 1.807) is 17.1 Å². The Bertz CT molecular complexity index is 624. The molecule has 4 heteroatoms. The van der Waals surface area contributed by atoms with Crippen LogP contribution in [0.15, 0.2) is 41.6 Å². The predicted octanol–water partition coefficient (Wildman–Crippen LogP) is 3.19. The molecule has 0 aliphatic rings. The summed E-state index contributed by atoms with van der Waals surface area (Å²) in [6, 6.07) is 8.41. The maximum Gasteiger partial charge on any atom is 0.267 e. The molecule has 0 atom stereocenters. The van der Waals surface area contributed by atoms with Crippen molar-refractivity contribution in [2.45, 2.75) is 32.7 Å². The second kappa shape index (κ2) is 5.45. The lowest BCUT2D eigenvalue weighted by Crippen LogP contribution is -2.23. The summed E-state index contributed by atoms with van der Waals surface area (Å²) in [6.45, 7) is 7.13. The average Bonchev–Trinajstić information content (AvgIpc) is 2.35. The lowest BCUT2D eigenvalue weighted by atomic mass is 9.87. The van der Waals surface area contributed by atoms with Crippen molar-refractivity contribution < 1.29 is 0 Å². The second-order valence-corrected chi connectivity index (χ2v) is 6.78. The highest BCUT2D eigenvalue weighted by atomic mass is 127. The smallest absolute Gasteiger partial charge is 0.267 e. The molecule has 3 nitrogen and oxygen atoms in total. The van der Waals surface area contributed by atoms with Gasteiger partial charge in [0, 0.05) is 6.20 Å². The fraction of sp³-hybridized carbons (Fsp3) is 0.333. The molecule has 1 aromatic heterocycles. The van der Waals surface area contributed by atoms with Gasteiger partial charge in [0.25, 0.3) is 5.56 Å². The maximum absolute atomic E-state index is 11.9. The van der Waals surface area contributed by atoms with Gasteiger partial charge in [-0.05, 0) is 39.1 Å². The molecule has 100 valence electrons. The van der Waals surface area contributed by atoms with Gasteiger partial charge in [-0.1, -0.05) is 45.0 Å². The van der Waals surface area contributed by atoms with E-state index >= 15 is 0 Å². The Morgan fingerprint density at radius 2 is 1.84 bits per heavy atom. The average molecular weight is 368 g/mol. The lowest BCUT2D eigenvalue weighted by molar-refractivity contribution is 0.589. The second-order valence-electron chi connectivity index (χ2n) is 5.62. The van der Waals surface area contributed by atoms with Crippen molar-refractivity contribution in [3.05, 3.63) is 61.8 Å². The van der Waals surface area contributed by atoms with Crippen molar-refractivity contribution in [3.8, 4) is 0 Å². The Morgan fingerprint density at radius 1 is 1.21 bits per heavy atom. The van der Waals surface area contributed by atoms with E-state index in [0.29, 0.717) is 10.1 Å². The quantitative estimate of drug-likeness (QED) is 0.764. The van der Waals surface area contributed by atoms with Gasteiger partial charge in [-0.15, -0.1) is 0 Å². The van der Waals surface area contributed by atoms with E-state index in [0.717, 1.165) is 5.56 Å². The van der Waals surface area contributed by atoms with E-state index in [1.807, 2.05) is 22.6 Å². The third-order valence-corrected chi connectivity index (χ3v) is 3.77. The number of halogens is 1. The van der Waals surface area contributed by atoms with Crippen LogP contribution in [0.3, 0.4) is 0 Å². The van der Waals surface area contributed by atoms with Gasteiger partial charge < -0.3 is 0 Å². The molecular formula is C15H17IN2O. The van der Waals surface area contributed by atoms with Crippen LogP contribution in [0.4, 0.5) is 0 Å². The molecule has 1 aromatic carbocycles. The largest absolute Gasteiger partial charge is 0.294 e. The summed E-state index contributed by atoms with van der Waals surface area (Å²) in [5.41, 5.74) is 2.57. The highest BCUT2D eigenvalue weighted by molar-refractivity contribution is 14.1. The fourth-order valence-electron chi connectivity index (χ4n) is 1.84. The van der Waals surface area contributed by atoms with E-state index in [-0.39, 0.29) is 11.0 Å². The third-order valence-electron chi connectivity index (χ3n) is 3.03. The van der Waals surface area contributed by atoms with Crippen LogP contribution < -0.4 is 5.56 Å². The predicted molar refractivity (Wildman–Crippen MR) is 85.5 cm³/mol. The summed E-state index contributed by atoms with van der Waals surface area (Å²) < 4.78 is 2.28. The summed E-state index contributed by atoms with van der Waals surface area (Å²) >= 11 is 2.01. The molecule has 0 radical (unpaired) electrons. The van der Waals surface area contributed by atoms with Gasteiger partial charge in [-0.3, -0.25) is 9.36 Å². The molecule has 19 heavy (non-hydrogen) atoms. The summed E-state index contributed by atoms with van der Waals surface area (Å²) in [5.74, 6) is 0. The lowest BCUT2D eigenvalue weighted by Gasteiger charge is -2.19. The molecule has 0 aliphatic carbocycles. The van der Waals surface area contributed by atoms with Crippen LogP contribution in [-0.2, 0) is 12.0 Å². The number of hydrogen-bond donors (Lipinski definition) is 0. The first-order chi connectivity index (χ1) is 8.88. The molecule has 0 saturated carbocycles. The maximum atomic E-state index is 11.9. The van der Waals surface area contributed by atoms with Crippen LogP contribution in [0.1, 0.15) is 31.9 Å². The van der Waals surface area contributed by atoms with Gasteiger partial charge in [0.05, 0.1) is 16.4 Å². The van der Waals surface area contributed by atoms with Gasteiger partial charge in [0.1, 0.15) is 0 Å². The highest BCUT2D eigenvalue weighted by Crippen LogP contribution is 2.22. The van der Waals surface area contributed by atoms with Crippen molar-refractivity contribution in [2.24, 2.45) is 0 Å². The molecule has 0 amide bonds. The molecule has 2 aromatic rings. The van der Waals surface area contributed by atoms with Crippen LogP contribution in [0.25, 0.3) is 0 Å². The minimum atomic E-state index is 0.00972. The summed E-state index contributed by atoms with van der Waals surface area (Å²) in [4.78, 5) is 16.0. The molecule has 0 bridgehead atoms. The molecular weight excluding hydrogens is 351 g/mol. The van der Waals surface area contributed by atoms with Gasteiger partial charge in [0.15, 0.2) is 0 Å². The summed E-state index contributed by atoms with van der Waals surface area (Å²) in [7, 11) is 0. The van der Waals surface area contributed by atoms with Crippen LogP contribution in [0.5, 0.6) is 0 Å². The Morgan fingerprint density at radius 3 is 2.42 bits per heavy atom. The van der Waals surface area contributed by atoms with E-state index in [4.69, 9.17) is 0 Å². The number of benzene rings is 1. The Balaban J connectivity index is 2.25. The van der Waals surface area contributed by atoms with Gasteiger partial charge in [-0.25, -0.2) is 4.98 Å². The highest BCUT2D eigenvalue weighted by Gasteiger charge is 2.12. The Hall–Kier alpha value is -1.17. The monoisotopic (exact) mass is 368 g/mol. The van der Waals surface area contributed by atoms with Crippen molar-refractivity contribution in [2.75, 3.05) is 0 Å². The fourth-order valence-corrected chi connectivity index (χ4v) is 2.31. The zero-order chi connectivity index (χ0) is 14.0. The minimum Gasteiger partial charge on any atom is -0.294 e. The molecule has 0 spiro atoms. The van der Waals surface area contributed by atoms with E-state index in [9.17, 15) is 4.79 Å². The molecule has 0 N–H and O–H groups in total. The zero-order valence-electron chi connectivity index (χ0n) is 11.4. The number of nitrogens with zero attached hydrogens (tertiary/aromatic N) is 2. The first-order valence-corrected chi connectivity index (χ1v) is 7.25. The zero-order valence-corrected chi connectivity index (χ0v) is 13.5. The molecule has 0 unspecified atom stereocenters. The topological polar surface area (TPSA) is 34.9 Å². The van der Waals surface area contributed by atoms with E-state index in [2.05, 4.69) is 50.0 Å². The molecule has 0 fully saturated rings. The molecule has 2 rings (SSSR count). The van der Waals surface area contributed by atoms with Crippen LogP contribution in [0, 0.1) is 3.57 Å². The van der Waals surface area contributed by atoms with Gasteiger partial charge >= 0.3 is 0 Å².